The summed E-state index contributed by atoms with van der Waals surface area (Å²) in [6, 6.07) is 25.1. The Hall–Kier alpha value is -4.41. The second-order valence-electron chi connectivity index (χ2n) is 9.39. The van der Waals surface area contributed by atoms with Crippen molar-refractivity contribution in [3.63, 3.8) is 0 Å². The third-order valence-electron chi connectivity index (χ3n) is 6.79. The number of hydrogen-bond acceptors (Lipinski definition) is 7. The van der Waals surface area contributed by atoms with E-state index in [0.29, 0.717) is 11.6 Å². The molecule has 1 aliphatic heterocycles. The van der Waals surface area contributed by atoms with E-state index in [4.69, 9.17) is 9.84 Å². The van der Waals surface area contributed by atoms with Gasteiger partial charge >= 0.3 is 0 Å². The van der Waals surface area contributed by atoms with Crippen LogP contribution in [0.4, 0.5) is 5.82 Å². The van der Waals surface area contributed by atoms with Crippen molar-refractivity contribution in [2.24, 2.45) is 0 Å². The number of thiophene rings is 1. The third kappa shape index (κ3) is 5.61. The molecule has 1 unspecified atom stereocenters. The van der Waals surface area contributed by atoms with Gasteiger partial charge in [0.15, 0.2) is 0 Å². The van der Waals surface area contributed by atoms with Crippen molar-refractivity contribution in [3.05, 3.63) is 113 Å². The molecule has 6 rings (SSSR count). The van der Waals surface area contributed by atoms with E-state index in [0.717, 1.165) is 33.8 Å². The molecule has 1 N–H and O–H groups in total. The third-order valence-corrected chi connectivity index (χ3v) is 8.75. The quantitative estimate of drug-likeness (QED) is 0.261. The van der Waals surface area contributed by atoms with Gasteiger partial charge in [-0.2, -0.15) is 16.4 Å². The van der Waals surface area contributed by atoms with Crippen LogP contribution in [-0.4, -0.2) is 46.0 Å². The van der Waals surface area contributed by atoms with Gasteiger partial charge in [-0.25, -0.2) is 4.68 Å². The Bertz CT molecular complexity index is 1640. The molecule has 3 aromatic heterocycles. The Morgan fingerprint density at radius 3 is 2.56 bits per heavy atom. The van der Waals surface area contributed by atoms with E-state index in [9.17, 15) is 9.59 Å². The first-order valence-electron chi connectivity index (χ1n) is 13.1. The first-order chi connectivity index (χ1) is 20.1. The SMILES string of the molecule is COc1ccc(-n2nc(-c3ccccc3)c3c2N(CC(=O)NCc2ccccn2)C(=O)CSC3c2ccsc2)cc1. The van der Waals surface area contributed by atoms with Crippen LogP contribution in [0.2, 0.25) is 0 Å². The van der Waals surface area contributed by atoms with Crippen LogP contribution in [0.1, 0.15) is 22.1 Å². The number of carbonyl (C=O) groups is 2. The van der Waals surface area contributed by atoms with Gasteiger partial charge < -0.3 is 10.1 Å². The average Bonchev–Trinajstić information content (AvgIpc) is 3.67. The molecule has 2 aromatic carbocycles. The lowest BCUT2D eigenvalue weighted by atomic mass is 10.0. The summed E-state index contributed by atoms with van der Waals surface area (Å²) in [5.74, 6) is 1.09. The number of nitrogens with zero attached hydrogens (tertiary/aromatic N) is 4. The number of thioether (sulfide) groups is 1. The molecule has 5 aromatic rings. The number of anilines is 1. The Labute approximate surface area is 246 Å². The van der Waals surface area contributed by atoms with Crippen molar-refractivity contribution in [1.29, 1.82) is 0 Å². The number of fused-ring (bicyclic) bond motifs is 1. The highest BCUT2D eigenvalue weighted by Gasteiger charge is 2.37. The Balaban J connectivity index is 1.49. The number of hydrogen-bond donors (Lipinski definition) is 1. The standard InChI is InChI=1S/C31H27N5O3S2/c1-39-25-12-10-24(11-13-25)36-31-28(29(34-36)21-7-3-2-4-8-21)30(22-14-16-40-19-22)41-20-27(38)35(31)18-26(37)33-17-23-9-5-6-15-32-23/h2-16,19,30H,17-18,20H2,1H3,(H,33,37). The number of amides is 2. The van der Waals surface area contributed by atoms with Crippen molar-refractivity contribution >= 4 is 40.7 Å². The number of methoxy groups -OCH3 is 1. The summed E-state index contributed by atoms with van der Waals surface area (Å²) >= 11 is 3.17. The summed E-state index contributed by atoms with van der Waals surface area (Å²) in [4.78, 5) is 32.9. The van der Waals surface area contributed by atoms with Crippen LogP contribution in [0, 0.1) is 0 Å². The Kier molecular flexibility index (Phi) is 7.84. The zero-order chi connectivity index (χ0) is 28.2. The van der Waals surface area contributed by atoms with Gasteiger partial charge in [-0.1, -0.05) is 36.4 Å². The molecule has 0 spiro atoms. The number of ether oxygens (including phenoxy) is 1. The topological polar surface area (TPSA) is 89.3 Å². The van der Waals surface area contributed by atoms with E-state index in [1.165, 1.54) is 0 Å². The predicted molar refractivity (Wildman–Crippen MR) is 163 cm³/mol. The lowest BCUT2D eigenvalue weighted by Gasteiger charge is -2.23. The minimum absolute atomic E-state index is 0.147. The van der Waals surface area contributed by atoms with Gasteiger partial charge in [0.1, 0.15) is 18.1 Å². The summed E-state index contributed by atoms with van der Waals surface area (Å²) in [7, 11) is 1.62. The van der Waals surface area contributed by atoms with Gasteiger partial charge in [0.2, 0.25) is 11.8 Å². The molecule has 0 radical (unpaired) electrons. The maximum absolute atomic E-state index is 13.8. The van der Waals surface area contributed by atoms with Crippen molar-refractivity contribution in [3.8, 4) is 22.7 Å². The first-order valence-corrected chi connectivity index (χ1v) is 15.0. The van der Waals surface area contributed by atoms with Gasteiger partial charge in [0.25, 0.3) is 0 Å². The molecule has 2 amide bonds. The average molecular weight is 582 g/mol. The molecule has 1 atom stereocenters. The van der Waals surface area contributed by atoms with E-state index < -0.39 is 0 Å². The highest BCUT2D eigenvalue weighted by Crippen LogP contribution is 2.48. The first kappa shape index (κ1) is 26.8. The van der Waals surface area contributed by atoms with E-state index in [-0.39, 0.29) is 35.9 Å². The van der Waals surface area contributed by atoms with E-state index in [1.54, 1.807) is 46.0 Å². The van der Waals surface area contributed by atoms with Crippen molar-refractivity contribution in [1.82, 2.24) is 20.1 Å². The minimum atomic E-state index is -0.280. The van der Waals surface area contributed by atoms with Gasteiger partial charge in [-0.15, -0.1) is 11.8 Å². The van der Waals surface area contributed by atoms with Crippen LogP contribution in [-0.2, 0) is 16.1 Å². The van der Waals surface area contributed by atoms with Gasteiger partial charge in [-0.3, -0.25) is 19.5 Å². The Morgan fingerprint density at radius 2 is 1.85 bits per heavy atom. The summed E-state index contributed by atoms with van der Waals surface area (Å²) in [5, 5.41) is 12.0. The number of pyridine rings is 1. The van der Waals surface area contributed by atoms with Gasteiger partial charge in [-0.05, 0) is 58.8 Å². The summed E-state index contributed by atoms with van der Waals surface area (Å²) in [5.41, 5.74) is 5.21. The Morgan fingerprint density at radius 1 is 1.05 bits per heavy atom. The van der Waals surface area contributed by atoms with E-state index >= 15 is 0 Å². The normalized spacial score (nSPS) is 14.8. The molecular weight excluding hydrogens is 555 g/mol. The van der Waals surface area contributed by atoms with Crippen LogP contribution < -0.4 is 15.0 Å². The zero-order valence-electron chi connectivity index (χ0n) is 22.3. The van der Waals surface area contributed by atoms with Crippen molar-refractivity contribution in [2.75, 3.05) is 24.3 Å². The molecule has 0 saturated heterocycles. The van der Waals surface area contributed by atoms with Crippen molar-refractivity contribution in [2.45, 2.75) is 11.8 Å². The molecule has 41 heavy (non-hydrogen) atoms. The molecule has 0 bridgehead atoms. The summed E-state index contributed by atoms with van der Waals surface area (Å²) in [6.45, 7) is 0.125. The zero-order valence-corrected chi connectivity index (χ0v) is 23.9. The van der Waals surface area contributed by atoms with Crippen LogP contribution in [0.3, 0.4) is 0 Å². The monoisotopic (exact) mass is 581 g/mol. The fourth-order valence-corrected chi connectivity index (χ4v) is 6.77. The van der Waals surface area contributed by atoms with Gasteiger partial charge in [0, 0.05) is 17.3 Å². The molecule has 0 fully saturated rings. The highest BCUT2D eigenvalue weighted by atomic mass is 32.2. The molecule has 206 valence electrons. The molecular formula is C31H27N5O3S2. The maximum Gasteiger partial charge on any atom is 0.240 e. The van der Waals surface area contributed by atoms with Crippen LogP contribution in [0.15, 0.2) is 95.8 Å². The molecule has 0 saturated carbocycles. The van der Waals surface area contributed by atoms with Crippen LogP contribution in [0.25, 0.3) is 16.9 Å². The lowest BCUT2D eigenvalue weighted by Crippen LogP contribution is -2.42. The van der Waals surface area contributed by atoms with E-state index in [2.05, 4.69) is 21.7 Å². The number of nitrogens with one attached hydrogen (secondary N) is 1. The van der Waals surface area contributed by atoms with Crippen LogP contribution in [0.5, 0.6) is 5.75 Å². The number of benzene rings is 2. The number of carbonyl (C=O) groups excluding carboxylic acids is 2. The minimum Gasteiger partial charge on any atom is -0.497 e. The highest BCUT2D eigenvalue weighted by molar-refractivity contribution is 8.00. The summed E-state index contributed by atoms with van der Waals surface area (Å²) in [6.07, 6.45) is 1.69. The van der Waals surface area contributed by atoms with E-state index in [1.807, 2.05) is 78.2 Å². The fraction of sp³-hybridized carbons (Fsp3) is 0.161. The fourth-order valence-electron chi connectivity index (χ4n) is 4.81. The largest absolute Gasteiger partial charge is 0.497 e. The smallest absolute Gasteiger partial charge is 0.240 e. The molecule has 0 aliphatic carbocycles. The number of aromatic nitrogens is 3. The number of rotatable bonds is 8. The lowest BCUT2D eigenvalue weighted by molar-refractivity contribution is -0.123. The molecule has 10 heteroatoms. The molecule has 1 aliphatic rings. The second kappa shape index (κ2) is 12.0. The van der Waals surface area contributed by atoms with Crippen molar-refractivity contribution < 1.29 is 14.3 Å². The molecule has 8 nitrogen and oxygen atoms in total. The molecule has 4 heterocycles. The van der Waals surface area contributed by atoms with Gasteiger partial charge in [0.05, 0.1) is 41.7 Å². The predicted octanol–water partition coefficient (Wildman–Crippen LogP) is 5.49. The van der Waals surface area contributed by atoms with Crippen LogP contribution >= 0.6 is 23.1 Å². The summed E-state index contributed by atoms with van der Waals surface area (Å²) < 4.78 is 7.16. The maximum atomic E-state index is 13.8. The second-order valence-corrected chi connectivity index (χ2v) is 11.3.